The first-order chi connectivity index (χ1) is 16.1. The Bertz CT molecular complexity index is 1370. The molecule has 1 aliphatic heterocycles. The molecule has 6 nitrogen and oxygen atoms in total. The lowest BCUT2D eigenvalue weighted by atomic mass is 9.80. The lowest BCUT2D eigenvalue weighted by Gasteiger charge is -2.31. The average molecular weight is 442 g/mol. The molecule has 6 heteroatoms. The minimum atomic E-state index is -1.23. The molecule has 1 N–H and O–H groups in total. The topological polar surface area (TPSA) is 65.4 Å². The smallest absolute Gasteiger partial charge is 0.341 e. The van der Waals surface area contributed by atoms with Crippen molar-refractivity contribution in [2.24, 2.45) is 0 Å². The minimum Gasteiger partial charge on any atom is -0.493 e. The predicted molar refractivity (Wildman–Crippen MR) is 129 cm³/mol. The number of rotatable bonds is 6. The molecule has 0 saturated heterocycles. The number of aryl methyl sites for hydroxylation is 1. The van der Waals surface area contributed by atoms with Crippen LogP contribution in [0.15, 0.2) is 60.8 Å². The van der Waals surface area contributed by atoms with Crippen LogP contribution < -0.4 is 10.1 Å². The van der Waals surface area contributed by atoms with Gasteiger partial charge in [-0.2, -0.15) is 0 Å². The fourth-order valence-electron chi connectivity index (χ4n) is 5.11. The highest BCUT2D eigenvalue weighted by atomic mass is 16.6. The molecule has 33 heavy (non-hydrogen) atoms. The van der Waals surface area contributed by atoms with Crippen LogP contribution in [-0.4, -0.2) is 29.2 Å². The molecule has 0 spiro atoms. The molecule has 0 amide bonds. The zero-order valence-electron chi connectivity index (χ0n) is 19.3. The number of carbonyl (C=O) groups is 1. The largest absolute Gasteiger partial charge is 0.493 e. The van der Waals surface area contributed by atoms with Crippen molar-refractivity contribution < 1.29 is 14.3 Å². The van der Waals surface area contributed by atoms with Crippen molar-refractivity contribution >= 4 is 22.6 Å². The van der Waals surface area contributed by atoms with Gasteiger partial charge in [0.2, 0.25) is 5.60 Å². The molecule has 1 atom stereocenters. The summed E-state index contributed by atoms with van der Waals surface area (Å²) < 4.78 is 14.7. The van der Waals surface area contributed by atoms with Gasteiger partial charge in [-0.3, -0.25) is 4.98 Å². The van der Waals surface area contributed by atoms with E-state index in [4.69, 9.17) is 14.5 Å². The van der Waals surface area contributed by atoms with Crippen molar-refractivity contribution in [1.29, 1.82) is 0 Å². The summed E-state index contributed by atoms with van der Waals surface area (Å²) in [4.78, 5) is 17.9. The lowest BCUT2D eigenvalue weighted by Crippen LogP contribution is -2.32. The number of ether oxygens (including phenoxy) is 2. The van der Waals surface area contributed by atoms with Crippen molar-refractivity contribution in [3.8, 4) is 5.75 Å². The maximum atomic E-state index is 13.2. The number of anilines is 1. The summed E-state index contributed by atoms with van der Waals surface area (Å²) in [7, 11) is 1.87. The van der Waals surface area contributed by atoms with E-state index in [9.17, 15) is 4.79 Å². The highest BCUT2D eigenvalue weighted by molar-refractivity contribution is 5.98. The van der Waals surface area contributed by atoms with Crippen molar-refractivity contribution in [2.45, 2.75) is 32.9 Å². The molecular formula is C27H27N3O3. The van der Waals surface area contributed by atoms with Crippen LogP contribution in [0.25, 0.3) is 10.9 Å². The van der Waals surface area contributed by atoms with Crippen LogP contribution >= 0.6 is 0 Å². The summed E-state index contributed by atoms with van der Waals surface area (Å²) in [6.45, 7) is 7.43. The summed E-state index contributed by atoms with van der Waals surface area (Å²) >= 11 is 0. The second kappa shape index (κ2) is 7.96. The third kappa shape index (κ3) is 2.94. The molecule has 3 heterocycles. The van der Waals surface area contributed by atoms with E-state index in [0.29, 0.717) is 23.6 Å². The molecule has 168 valence electrons. The molecule has 1 aliphatic rings. The van der Waals surface area contributed by atoms with Gasteiger partial charge in [-0.05, 0) is 51.1 Å². The fourth-order valence-corrected chi connectivity index (χ4v) is 5.11. The Morgan fingerprint density at radius 1 is 1.12 bits per heavy atom. The van der Waals surface area contributed by atoms with Crippen LogP contribution in [0.1, 0.15) is 46.7 Å². The molecule has 2 aromatic carbocycles. The van der Waals surface area contributed by atoms with E-state index in [2.05, 4.69) is 35.9 Å². The van der Waals surface area contributed by atoms with Crippen LogP contribution in [0, 0.1) is 6.92 Å². The molecular weight excluding hydrogens is 414 g/mol. The number of cyclic esters (lactones) is 1. The summed E-state index contributed by atoms with van der Waals surface area (Å²) in [6.07, 6.45) is 1.71. The van der Waals surface area contributed by atoms with Crippen molar-refractivity contribution in [3.05, 3.63) is 88.9 Å². The quantitative estimate of drug-likeness (QED) is 0.413. The maximum Gasteiger partial charge on any atom is 0.341 e. The van der Waals surface area contributed by atoms with Gasteiger partial charge in [-0.25, -0.2) is 4.79 Å². The Morgan fingerprint density at radius 2 is 1.94 bits per heavy atom. The SMILES string of the molecule is CCOc1cc(NC)ccc1C1(c2c(C)n(CC)c3ccccc23)OC(=O)c2cccnc21. The van der Waals surface area contributed by atoms with E-state index in [0.717, 1.165) is 40.0 Å². The molecule has 0 fully saturated rings. The Labute approximate surface area is 193 Å². The number of nitrogens with one attached hydrogen (secondary N) is 1. The van der Waals surface area contributed by atoms with E-state index in [1.165, 1.54) is 0 Å². The van der Waals surface area contributed by atoms with E-state index in [-0.39, 0.29) is 5.97 Å². The Balaban J connectivity index is 1.95. The molecule has 0 radical (unpaired) electrons. The van der Waals surface area contributed by atoms with Crippen LogP contribution in [-0.2, 0) is 16.9 Å². The Kier molecular flexibility index (Phi) is 5.08. The normalized spacial score (nSPS) is 17.2. The van der Waals surface area contributed by atoms with Crippen LogP contribution in [0.5, 0.6) is 5.75 Å². The lowest BCUT2D eigenvalue weighted by molar-refractivity contribution is 0.0238. The number of hydrogen-bond donors (Lipinski definition) is 1. The van der Waals surface area contributed by atoms with Gasteiger partial charge in [0.1, 0.15) is 11.4 Å². The highest BCUT2D eigenvalue weighted by Crippen LogP contribution is 2.52. The average Bonchev–Trinajstić information content (AvgIpc) is 3.30. The molecule has 0 saturated carbocycles. The number of esters is 1. The Hall–Kier alpha value is -3.80. The zero-order chi connectivity index (χ0) is 23.2. The number of carbonyl (C=O) groups excluding carboxylic acids is 1. The number of para-hydroxylation sites is 1. The third-order valence-electron chi connectivity index (χ3n) is 6.46. The van der Waals surface area contributed by atoms with Gasteiger partial charge < -0.3 is 19.4 Å². The maximum absolute atomic E-state index is 13.2. The number of pyridine rings is 1. The number of nitrogens with zero attached hydrogens (tertiary/aromatic N) is 2. The fraction of sp³-hybridized carbons (Fsp3) is 0.259. The predicted octanol–water partition coefficient (Wildman–Crippen LogP) is 5.27. The first-order valence-electron chi connectivity index (χ1n) is 11.3. The van der Waals surface area contributed by atoms with Gasteiger partial charge in [0, 0.05) is 59.3 Å². The molecule has 2 aromatic heterocycles. The van der Waals surface area contributed by atoms with Crippen molar-refractivity contribution in [2.75, 3.05) is 19.0 Å². The summed E-state index contributed by atoms with van der Waals surface area (Å²) in [5, 5.41) is 4.20. The van der Waals surface area contributed by atoms with Gasteiger partial charge >= 0.3 is 5.97 Å². The standard InChI is InChI=1S/C27H27N3O3/c1-5-30-17(3)24(19-10-7-8-12-22(19)30)27(25-20(26(31)33-27)11-9-15-29-25)21-14-13-18(28-4)16-23(21)32-6-2/h7-16,28H,5-6H2,1-4H3. The second-order valence-corrected chi connectivity index (χ2v) is 8.09. The molecule has 0 bridgehead atoms. The molecule has 0 aliphatic carbocycles. The summed E-state index contributed by atoms with van der Waals surface area (Å²) in [5.74, 6) is 0.273. The van der Waals surface area contributed by atoms with Gasteiger partial charge in [-0.1, -0.05) is 18.2 Å². The first kappa shape index (κ1) is 21.1. The third-order valence-corrected chi connectivity index (χ3v) is 6.46. The minimum absolute atomic E-state index is 0.383. The summed E-state index contributed by atoms with van der Waals surface area (Å²) in [5.41, 5.74) is 4.56. The number of benzene rings is 2. The number of aromatic nitrogens is 2. The van der Waals surface area contributed by atoms with E-state index >= 15 is 0 Å². The van der Waals surface area contributed by atoms with E-state index in [1.807, 2.05) is 44.3 Å². The molecule has 4 aromatic rings. The molecule has 5 rings (SSSR count). The number of fused-ring (bicyclic) bond motifs is 2. The summed E-state index contributed by atoms with van der Waals surface area (Å²) in [6, 6.07) is 17.7. The van der Waals surface area contributed by atoms with Crippen LogP contribution in [0.3, 0.4) is 0 Å². The van der Waals surface area contributed by atoms with Gasteiger partial charge in [0.05, 0.1) is 12.2 Å². The van der Waals surface area contributed by atoms with Gasteiger partial charge in [-0.15, -0.1) is 0 Å². The highest BCUT2D eigenvalue weighted by Gasteiger charge is 2.53. The van der Waals surface area contributed by atoms with E-state index < -0.39 is 5.60 Å². The zero-order valence-corrected chi connectivity index (χ0v) is 19.3. The van der Waals surface area contributed by atoms with Crippen molar-refractivity contribution in [3.63, 3.8) is 0 Å². The van der Waals surface area contributed by atoms with Crippen LogP contribution in [0.2, 0.25) is 0 Å². The number of hydrogen-bond acceptors (Lipinski definition) is 5. The monoisotopic (exact) mass is 441 g/mol. The van der Waals surface area contributed by atoms with Crippen LogP contribution in [0.4, 0.5) is 5.69 Å². The first-order valence-corrected chi connectivity index (χ1v) is 11.3. The van der Waals surface area contributed by atoms with E-state index in [1.54, 1.807) is 18.3 Å². The second-order valence-electron chi connectivity index (χ2n) is 8.09. The van der Waals surface area contributed by atoms with Crippen molar-refractivity contribution in [1.82, 2.24) is 9.55 Å². The molecule has 1 unspecified atom stereocenters. The van der Waals surface area contributed by atoms with Gasteiger partial charge in [0.25, 0.3) is 0 Å². The Morgan fingerprint density at radius 3 is 2.70 bits per heavy atom. The van der Waals surface area contributed by atoms with Gasteiger partial charge in [0.15, 0.2) is 0 Å².